The lowest BCUT2D eigenvalue weighted by molar-refractivity contribution is 0.552. The highest BCUT2D eigenvalue weighted by molar-refractivity contribution is 5.63. The Hall–Kier alpha value is -1.68. The van der Waals surface area contributed by atoms with E-state index in [1.54, 1.807) is 18.3 Å². The number of benzene rings is 1. The fourth-order valence-corrected chi connectivity index (χ4v) is 1.84. The van der Waals surface area contributed by atoms with E-state index < -0.39 is 0 Å². The van der Waals surface area contributed by atoms with Gasteiger partial charge in [0, 0.05) is 17.7 Å². The zero-order valence-electron chi connectivity index (χ0n) is 10.7. The Kier molecular flexibility index (Phi) is 4.10. The molecule has 4 heteroatoms. The molecule has 0 fully saturated rings. The Balaban J connectivity index is 2.15. The molecule has 0 saturated heterocycles. The number of hydrogen-bond acceptors (Lipinski definition) is 2. The number of hydrogen-bond donors (Lipinski definition) is 2. The molecule has 0 saturated carbocycles. The Bertz CT molecular complexity index is 505. The van der Waals surface area contributed by atoms with Crippen LogP contribution in [0, 0.1) is 11.7 Å². The molecule has 0 unspecified atom stereocenters. The van der Waals surface area contributed by atoms with Gasteiger partial charge < -0.3 is 5.32 Å². The number of H-pyrrole nitrogens is 1. The van der Waals surface area contributed by atoms with Gasteiger partial charge in [0.1, 0.15) is 5.82 Å². The van der Waals surface area contributed by atoms with Crippen molar-refractivity contribution in [3.05, 3.63) is 41.8 Å². The molecule has 1 aromatic carbocycles. The zero-order chi connectivity index (χ0) is 13.0. The second-order valence-corrected chi connectivity index (χ2v) is 4.77. The van der Waals surface area contributed by atoms with Crippen LogP contribution in [0.3, 0.4) is 0 Å². The molecular formula is C14H18FN3. The Morgan fingerprint density at radius 2 is 2.11 bits per heavy atom. The number of nitrogens with one attached hydrogen (secondary N) is 2. The van der Waals surface area contributed by atoms with Crippen molar-refractivity contribution in [2.45, 2.75) is 20.4 Å². The van der Waals surface area contributed by atoms with E-state index in [0.29, 0.717) is 18.0 Å². The summed E-state index contributed by atoms with van der Waals surface area (Å²) in [4.78, 5) is 0. The van der Waals surface area contributed by atoms with Gasteiger partial charge >= 0.3 is 0 Å². The third-order valence-electron chi connectivity index (χ3n) is 2.73. The van der Waals surface area contributed by atoms with Crippen molar-refractivity contribution in [3.8, 4) is 11.3 Å². The summed E-state index contributed by atoms with van der Waals surface area (Å²) in [6.07, 6.45) is 1.75. The first-order chi connectivity index (χ1) is 8.68. The van der Waals surface area contributed by atoms with E-state index in [1.165, 1.54) is 6.07 Å². The summed E-state index contributed by atoms with van der Waals surface area (Å²) in [7, 11) is 0. The maximum absolute atomic E-state index is 13.7. The fourth-order valence-electron chi connectivity index (χ4n) is 1.84. The second kappa shape index (κ2) is 5.78. The molecule has 1 aromatic heterocycles. The summed E-state index contributed by atoms with van der Waals surface area (Å²) in [5.41, 5.74) is 2.31. The molecule has 2 rings (SSSR count). The Morgan fingerprint density at radius 1 is 1.33 bits per heavy atom. The maximum Gasteiger partial charge on any atom is 0.132 e. The molecule has 0 spiro atoms. The van der Waals surface area contributed by atoms with Gasteiger partial charge in [-0.15, -0.1) is 0 Å². The summed E-state index contributed by atoms with van der Waals surface area (Å²) < 4.78 is 13.7. The van der Waals surface area contributed by atoms with Crippen LogP contribution in [-0.4, -0.2) is 16.7 Å². The predicted octanol–water partition coefficient (Wildman–Crippen LogP) is 2.96. The highest BCUT2D eigenvalue weighted by Crippen LogP contribution is 2.23. The number of rotatable bonds is 5. The van der Waals surface area contributed by atoms with E-state index in [0.717, 1.165) is 17.8 Å². The van der Waals surface area contributed by atoms with Crippen molar-refractivity contribution in [3.63, 3.8) is 0 Å². The summed E-state index contributed by atoms with van der Waals surface area (Å²) >= 11 is 0. The lowest BCUT2D eigenvalue weighted by Crippen LogP contribution is -2.19. The first-order valence-electron chi connectivity index (χ1n) is 6.16. The number of aromatic nitrogens is 2. The topological polar surface area (TPSA) is 40.7 Å². The minimum absolute atomic E-state index is 0.230. The van der Waals surface area contributed by atoms with Crippen LogP contribution in [0.2, 0.25) is 0 Å². The van der Waals surface area contributed by atoms with Gasteiger partial charge in [-0.25, -0.2) is 4.39 Å². The third kappa shape index (κ3) is 2.96. The van der Waals surface area contributed by atoms with Crippen molar-refractivity contribution in [1.82, 2.24) is 15.5 Å². The molecular weight excluding hydrogens is 229 g/mol. The maximum atomic E-state index is 13.7. The standard InChI is InChI=1S/C14H18FN3/c1-10(2)7-16-8-11-9-17-18-14(11)12-5-3-4-6-13(12)15/h3-6,9-10,16H,7-8H2,1-2H3,(H,17,18). The summed E-state index contributed by atoms with van der Waals surface area (Å²) in [5.74, 6) is 0.362. The number of aromatic amines is 1. The van der Waals surface area contributed by atoms with Gasteiger partial charge in [0.05, 0.1) is 11.9 Å². The van der Waals surface area contributed by atoms with Crippen LogP contribution in [0.4, 0.5) is 4.39 Å². The summed E-state index contributed by atoms with van der Waals surface area (Å²) in [5, 5.41) is 10.2. The highest BCUT2D eigenvalue weighted by atomic mass is 19.1. The van der Waals surface area contributed by atoms with Crippen molar-refractivity contribution in [2.24, 2.45) is 5.92 Å². The molecule has 96 valence electrons. The predicted molar refractivity (Wildman–Crippen MR) is 70.5 cm³/mol. The summed E-state index contributed by atoms with van der Waals surface area (Å²) in [6, 6.07) is 6.73. The van der Waals surface area contributed by atoms with E-state index in [1.807, 2.05) is 6.07 Å². The second-order valence-electron chi connectivity index (χ2n) is 4.77. The first-order valence-corrected chi connectivity index (χ1v) is 6.16. The normalized spacial score (nSPS) is 11.1. The molecule has 0 bridgehead atoms. The van der Waals surface area contributed by atoms with E-state index in [9.17, 15) is 4.39 Å². The van der Waals surface area contributed by atoms with Crippen molar-refractivity contribution in [2.75, 3.05) is 6.54 Å². The first kappa shape index (κ1) is 12.8. The molecule has 3 nitrogen and oxygen atoms in total. The SMILES string of the molecule is CC(C)CNCc1cn[nH]c1-c1ccccc1F. The average molecular weight is 247 g/mol. The molecule has 2 aromatic rings. The number of nitrogens with zero attached hydrogens (tertiary/aromatic N) is 1. The van der Waals surface area contributed by atoms with Gasteiger partial charge in [-0.1, -0.05) is 26.0 Å². The van der Waals surface area contributed by atoms with Gasteiger partial charge in [-0.3, -0.25) is 5.10 Å². The van der Waals surface area contributed by atoms with Crippen molar-refractivity contribution >= 4 is 0 Å². The lowest BCUT2D eigenvalue weighted by atomic mass is 10.1. The van der Waals surface area contributed by atoms with Crippen LogP contribution in [0.15, 0.2) is 30.5 Å². The molecule has 0 atom stereocenters. The minimum Gasteiger partial charge on any atom is -0.312 e. The molecule has 0 aliphatic carbocycles. The van der Waals surface area contributed by atoms with Gasteiger partial charge in [-0.05, 0) is 24.6 Å². The highest BCUT2D eigenvalue weighted by Gasteiger charge is 2.11. The quantitative estimate of drug-likeness (QED) is 0.852. The van der Waals surface area contributed by atoms with Gasteiger partial charge in [0.25, 0.3) is 0 Å². The lowest BCUT2D eigenvalue weighted by Gasteiger charge is -2.08. The van der Waals surface area contributed by atoms with Gasteiger partial charge in [0.15, 0.2) is 0 Å². The van der Waals surface area contributed by atoms with E-state index in [4.69, 9.17) is 0 Å². The minimum atomic E-state index is -0.230. The smallest absolute Gasteiger partial charge is 0.132 e. The largest absolute Gasteiger partial charge is 0.312 e. The molecule has 0 aliphatic heterocycles. The Morgan fingerprint density at radius 3 is 2.83 bits per heavy atom. The number of halogens is 1. The molecule has 0 aliphatic rings. The molecule has 2 N–H and O–H groups in total. The molecule has 18 heavy (non-hydrogen) atoms. The van der Waals surface area contributed by atoms with E-state index in [2.05, 4.69) is 29.4 Å². The third-order valence-corrected chi connectivity index (χ3v) is 2.73. The Labute approximate surface area is 106 Å². The monoisotopic (exact) mass is 247 g/mol. The van der Waals surface area contributed by atoms with Gasteiger partial charge in [-0.2, -0.15) is 5.10 Å². The van der Waals surface area contributed by atoms with E-state index >= 15 is 0 Å². The molecule has 0 radical (unpaired) electrons. The van der Waals surface area contributed by atoms with Gasteiger partial charge in [0.2, 0.25) is 0 Å². The summed E-state index contributed by atoms with van der Waals surface area (Å²) in [6.45, 7) is 5.93. The zero-order valence-corrected chi connectivity index (χ0v) is 10.7. The molecule has 0 amide bonds. The van der Waals surface area contributed by atoms with Crippen LogP contribution in [0.1, 0.15) is 19.4 Å². The molecule has 1 heterocycles. The van der Waals surface area contributed by atoms with E-state index in [-0.39, 0.29) is 5.82 Å². The van der Waals surface area contributed by atoms with Crippen LogP contribution in [0.5, 0.6) is 0 Å². The van der Waals surface area contributed by atoms with Crippen LogP contribution >= 0.6 is 0 Å². The fraction of sp³-hybridized carbons (Fsp3) is 0.357. The van der Waals surface area contributed by atoms with Crippen LogP contribution in [0.25, 0.3) is 11.3 Å². The van der Waals surface area contributed by atoms with Crippen molar-refractivity contribution in [1.29, 1.82) is 0 Å². The average Bonchev–Trinajstić information content (AvgIpc) is 2.77. The van der Waals surface area contributed by atoms with Crippen molar-refractivity contribution < 1.29 is 4.39 Å². The van der Waals surface area contributed by atoms with Crippen LogP contribution < -0.4 is 5.32 Å². The van der Waals surface area contributed by atoms with Crippen LogP contribution in [-0.2, 0) is 6.54 Å².